The van der Waals surface area contributed by atoms with Crippen LogP contribution in [0.15, 0.2) is 108 Å². The maximum Gasteiger partial charge on any atom is 0.485 e. The molecule has 20 heteroatoms. The van der Waals surface area contributed by atoms with Gasteiger partial charge in [-0.25, -0.2) is 16.8 Å². The smallest absolute Gasteiger partial charge is 0.485 e. The highest BCUT2D eigenvalue weighted by Crippen LogP contribution is 2.40. The zero-order valence-corrected chi connectivity index (χ0v) is 36.5. The lowest BCUT2D eigenvalue weighted by Crippen LogP contribution is -2.44. The Kier molecular flexibility index (Phi) is 13.2. The molecule has 8 heterocycles. The number of pyridine rings is 2. The van der Waals surface area contributed by atoms with Crippen molar-refractivity contribution in [1.82, 2.24) is 0 Å². The van der Waals surface area contributed by atoms with Crippen molar-refractivity contribution in [2.45, 2.75) is 36.9 Å². The molecule has 2 aliphatic rings. The molecule has 7 aromatic rings. The fourth-order valence-corrected chi connectivity index (χ4v) is 10.2. The van der Waals surface area contributed by atoms with E-state index < -0.39 is 31.3 Å². The Morgan fingerprint density at radius 1 is 0.565 bits per heavy atom. The normalized spacial score (nSPS) is 13.7. The number of hydrogen-bond donors (Lipinski definition) is 0. The third kappa shape index (κ3) is 10.3. The fourth-order valence-electron chi connectivity index (χ4n) is 6.75. The average Bonchev–Trinajstić information content (AvgIpc) is 4.06. The zero-order chi connectivity index (χ0) is 44.5. The maximum absolute atomic E-state index is 10.7. The van der Waals surface area contributed by atoms with Crippen LogP contribution in [0.1, 0.15) is 32.1 Å². The van der Waals surface area contributed by atoms with Crippen molar-refractivity contribution in [2.75, 3.05) is 0 Å². The predicted octanol–water partition coefficient (Wildman–Crippen LogP) is 10.7. The maximum atomic E-state index is 10.7. The van der Waals surface area contributed by atoms with Crippen molar-refractivity contribution in [3.8, 4) is 42.0 Å². The van der Waals surface area contributed by atoms with E-state index in [9.17, 15) is 26.3 Å². The van der Waals surface area contributed by atoms with E-state index in [0.29, 0.717) is 0 Å². The van der Waals surface area contributed by atoms with Gasteiger partial charge in [0.15, 0.2) is 39.5 Å². The molecule has 0 saturated carbocycles. The quantitative estimate of drug-likeness (QED) is 0.0708. The summed E-state index contributed by atoms with van der Waals surface area (Å²) in [5.74, 6) is 0. The van der Waals surface area contributed by atoms with Gasteiger partial charge in [-0.3, -0.25) is 0 Å². The first kappa shape index (κ1) is 45.2. The lowest BCUT2D eigenvalue weighted by Gasteiger charge is -2.23. The summed E-state index contributed by atoms with van der Waals surface area (Å²) in [6.07, 6.45) is 13.5. The van der Waals surface area contributed by atoms with Gasteiger partial charge >= 0.3 is 11.0 Å². The van der Waals surface area contributed by atoms with Crippen LogP contribution in [0, 0.1) is 0 Å². The third-order valence-corrected chi connectivity index (χ3v) is 14.9. The van der Waals surface area contributed by atoms with Crippen LogP contribution in [0.2, 0.25) is 0 Å². The highest BCUT2D eigenvalue weighted by Gasteiger charge is 2.38. The van der Waals surface area contributed by atoms with Gasteiger partial charge in [0.05, 0.1) is 11.1 Å². The minimum absolute atomic E-state index is 0.972. The van der Waals surface area contributed by atoms with Crippen LogP contribution < -0.4 is 9.13 Å². The first-order chi connectivity index (χ1) is 29.3. The molecule has 62 heavy (non-hydrogen) atoms. The SMILES string of the molecule is C(=Cc1ccc(-c2cccs2)s1)c1cc(C=Cc2ccc(-c3cccs3)s2)[n+]2c(c1)-c1c(ccc3c1-c1cccc[n+]1CC3)CC2.O=S(=O)([O-])C(F)(F)F.O=S(=O)([O-])C(F)(F)F. The minimum atomic E-state index is -6.09. The van der Waals surface area contributed by atoms with Crippen molar-refractivity contribution in [3.05, 3.63) is 140 Å². The van der Waals surface area contributed by atoms with Gasteiger partial charge in [-0.05, 0) is 82.1 Å². The van der Waals surface area contributed by atoms with Crippen LogP contribution in [-0.2, 0) is 46.2 Å². The molecule has 322 valence electrons. The molecular formula is C42H30F6N2O6S6. The van der Waals surface area contributed by atoms with Gasteiger partial charge < -0.3 is 9.11 Å². The summed E-state index contributed by atoms with van der Waals surface area (Å²) in [5, 5.41) is 4.30. The standard InChI is InChI=1S/C40H30N2S4.2CHF3O3S/c1-2-20-41-21-18-28-9-10-29-19-22-42-30(11-13-32-15-17-38(46-32)36-7-4-24-44-36)25-27(26-34(42)40(29)39(28)33(41)5-1)8-12-31-14-16-37(45-31)35-6-3-23-43-35;2*2-1(3,4)8(5,6)7/h1-17,20,23-26H,18-19,21-22H2;2*(H,5,6,7)/q+2;;/p-2. The lowest BCUT2D eigenvalue weighted by atomic mass is 9.84. The second kappa shape index (κ2) is 18.1. The lowest BCUT2D eigenvalue weighted by molar-refractivity contribution is -0.690. The van der Waals surface area contributed by atoms with Crippen molar-refractivity contribution in [3.63, 3.8) is 0 Å². The van der Waals surface area contributed by atoms with Gasteiger partial charge in [-0.2, -0.15) is 35.5 Å². The molecule has 0 spiro atoms. The van der Waals surface area contributed by atoms with E-state index in [0.717, 1.165) is 25.9 Å². The number of fused-ring (bicyclic) bond motifs is 7. The summed E-state index contributed by atoms with van der Waals surface area (Å²) in [6.45, 7) is 2.00. The van der Waals surface area contributed by atoms with E-state index in [-0.39, 0.29) is 0 Å². The molecule has 0 aliphatic carbocycles. The average molecular weight is 965 g/mol. The molecule has 0 atom stereocenters. The van der Waals surface area contributed by atoms with Gasteiger partial charge in [0.25, 0.3) is 0 Å². The Morgan fingerprint density at radius 2 is 1.08 bits per heavy atom. The van der Waals surface area contributed by atoms with Crippen LogP contribution in [0.25, 0.3) is 66.3 Å². The molecule has 0 radical (unpaired) electrons. The summed E-state index contributed by atoms with van der Waals surface area (Å²) in [6, 6.07) is 33.8. The number of nitrogens with zero attached hydrogens (tertiary/aromatic N) is 2. The molecule has 8 nitrogen and oxygen atoms in total. The number of aryl methyl sites for hydroxylation is 3. The number of aromatic nitrogens is 2. The van der Waals surface area contributed by atoms with Crippen molar-refractivity contribution < 1.29 is 61.4 Å². The van der Waals surface area contributed by atoms with E-state index in [2.05, 4.69) is 141 Å². The van der Waals surface area contributed by atoms with Crippen LogP contribution in [0.5, 0.6) is 0 Å². The second-order valence-electron chi connectivity index (χ2n) is 13.5. The summed E-state index contributed by atoms with van der Waals surface area (Å²) < 4.78 is 123. The van der Waals surface area contributed by atoms with Gasteiger partial charge in [0.1, 0.15) is 0 Å². The summed E-state index contributed by atoms with van der Waals surface area (Å²) in [4.78, 5) is 7.87. The Balaban J connectivity index is 0.000000309. The molecular weight excluding hydrogens is 935 g/mol. The summed E-state index contributed by atoms with van der Waals surface area (Å²) in [7, 11) is -12.2. The van der Waals surface area contributed by atoms with E-state index >= 15 is 0 Å². The van der Waals surface area contributed by atoms with Gasteiger partial charge in [0.2, 0.25) is 17.1 Å². The zero-order valence-electron chi connectivity index (χ0n) is 31.6. The Labute approximate surface area is 368 Å². The topological polar surface area (TPSA) is 122 Å². The number of thiophene rings is 4. The molecule has 2 aliphatic heterocycles. The van der Waals surface area contributed by atoms with Crippen LogP contribution in [-0.4, -0.2) is 37.0 Å². The number of benzene rings is 1. The van der Waals surface area contributed by atoms with Gasteiger partial charge in [-0.1, -0.05) is 30.3 Å². The number of halogens is 6. The Hall–Kier alpha value is -4.80. The molecule has 0 saturated heterocycles. The number of alkyl halides is 6. The van der Waals surface area contributed by atoms with Crippen molar-refractivity contribution in [1.29, 1.82) is 0 Å². The highest BCUT2D eigenvalue weighted by atomic mass is 32.2. The van der Waals surface area contributed by atoms with E-state index in [4.69, 9.17) is 25.9 Å². The highest BCUT2D eigenvalue weighted by molar-refractivity contribution is 7.86. The van der Waals surface area contributed by atoms with Crippen LogP contribution in [0.4, 0.5) is 26.3 Å². The molecule has 0 unspecified atom stereocenters. The Morgan fingerprint density at radius 3 is 1.60 bits per heavy atom. The van der Waals surface area contributed by atoms with Crippen LogP contribution in [0.3, 0.4) is 0 Å². The Bertz CT molecular complexity index is 2960. The molecule has 0 fully saturated rings. The first-order valence-corrected chi connectivity index (χ1v) is 24.4. The van der Waals surface area contributed by atoms with Crippen molar-refractivity contribution >= 4 is 89.9 Å². The van der Waals surface area contributed by atoms with E-state index in [1.54, 1.807) is 22.7 Å². The molecule has 6 aromatic heterocycles. The van der Waals surface area contributed by atoms with Crippen molar-refractivity contribution in [2.24, 2.45) is 0 Å². The fraction of sp³-hybridized carbons (Fsp3) is 0.143. The molecule has 1 aromatic carbocycles. The molecule has 0 bridgehead atoms. The number of hydrogen-bond acceptors (Lipinski definition) is 10. The largest absolute Gasteiger partial charge is 0.741 e. The molecule has 0 N–H and O–H groups in total. The predicted molar refractivity (Wildman–Crippen MR) is 230 cm³/mol. The second-order valence-corrected chi connectivity index (χ2v) is 20.4. The third-order valence-electron chi connectivity index (χ3n) is 9.49. The summed E-state index contributed by atoms with van der Waals surface area (Å²) >= 11 is 7.32. The first-order valence-electron chi connectivity index (χ1n) is 18.2. The number of rotatable bonds is 6. The molecule has 0 amide bonds. The van der Waals surface area contributed by atoms with Gasteiger partial charge in [0, 0.05) is 72.4 Å². The van der Waals surface area contributed by atoms with Crippen LogP contribution >= 0.6 is 45.3 Å². The van der Waals surface area contributed by atoms with E-state index in [1.165, 1.54) is 74.2 Å². The summed E-state index contributed by atoms with van der Waals surface area (Å²) in [5.41, 5.74) is -0.467. The van der Waals surface area contributed by atoms with Gasteiger partial charge in [-0.15, -0.1) is 45.3 Å². The monoisotopic (exact) mass is 964 g/mol. The minimum Gasteiger partial charge on any atom is -0.741 e. The molecule has 9 rings (SSSR count). The van der Waals surface area contributed by atoms with E-state index in [1.807, 2.05) is 22.7 Å².